The summed E-state index contributed by atoms with van der Waals surface area (Å²) in [6.45, 7) is 0. The average Bonchev–Trinajstić information content (AvgIpc) is 3.15. The third kappa shape index (κ3) is 3.40. The molecule has 1 heterocycles. The van der Waals surface area contributed by atoms with Crippen molar-refractivity contribution in [2.75, 3.05) is 21.3 Å². The number of hydrogen-bond donors (Lipinski definition) is 0. The molecule has 2 aromatic carbocycles. The lowest BCUT2D eigenvalue weighted by Crippen LogP contribution is -2.36. The summed E-state index contributed by atoms with van der Waals surface area (Å²) in [5, 5.41) is 0. The standard InChI is InChI=1S/C21H22O6/c1-24-16-11-9-14(10-12-16)18-17(19(22)25-2)13-21(27-18,20(23)26-3)15-7-5-4-6-8-15/h4-12,17-18H,13H2,1-3H3/t17-,18-,21-/m0/s1. The van der Waals surface area contributed by atoms with Gasteiger partial charge in [-0.1, -0.05) is 42.5 Å². The molecule has 0 unspecified atom stereocenters. The summed E-state index contributed by atoms with van der Waals surface area (Å²) in [6.07, 6.45) is -0.518. The molecule has 2 aromatic rings. The van der Waals surface area contributed by atoms with Crippen LogP contribution in [0.25, 0.3) is 0 Å². The average molecular weight is 370 g/mol. The van der Waals surface area contributed by atoms with E-state index < -0.39 is 29.6 Å². The Morgan fingerprint density at radius 3 is 2.19 bits per heavy atom. The summed E-state index contributed by atoms with van der Waals surface area (Å²) in [6, 6.07) is 16.3. The third-order valence-electron chi connectivity index (χ3n) is 4.90. The van der Waals surface area contributed by atoms with Gasteiger partial charge in [-0.3, -0.25) is 4.79 Å². The van der Waals surface area contributed by atoms with Crippen molar-refractivity contribution in [3.63, 3.8) is 0 Å². The normalized spacial score (nSPS) is 24.3. The predicted octanol–water partition coefficient (Wildman–Crippen LogP) is 3.01. The van der Waals surface area contributed by atoms with Crippen LogP contribution in [-0.2, 0) is 29.4 Å². The predicted molar refractivity (Wildman–Crippen MR) is 97.1 cm³/mol. The molecule has 0 radical (unpaired) electrons. The lowest BCUT2D eigenvalue weighted by atomic mass is 9.85. The fourth-order valence-electron chi connectivity index (χ4n) is 3.52. The van der Waals surface area contributed by atoms with Crippen molar-refractivity contribution in [3.05, 3.63) is 65.7 Å². The van der Waals surface area contributed by atoms with Gasteiger partial charge in [-0.25, -0.2) is 4.79 Å². The van der Waals surface area contributed by atoms with Gasteiger partial charge in [0.15, 0.2) is 5.60 Å². The Bertz CT molecular complexity index is 801. The molecule has 6 nitrogen and oxygen atoms in total. The largest absolute Gasteiger partial charge is 0.497 e. The number of esters is 2. The Morgan fingerprint density at radius 1 is 0.963 bits per heavy atom. The van der Waals surface area contributed by atoms with E-state index in [1.807, 2.05) is 30.3 Å². The van der Waals surface area contributed by atoms with Gasteiger partial charge in [0.05, 0.1) is 33.4 Å². The summed E-state index contributed by atoms with van der Waals surface area (Å²) in [5.41, 5.74) is 0.0223. The van der Waals surface area contributed by atoms with Crippen LogP contribution in [0.15, 0.2) is 54.6 Å². The van der Waals surface area contributed by atoms with Crippen LogP contribution in [0.5, 0.6) is 5.75 Å². The van der Waals surface area contributed by atoms with E-state index in [1.165, 1.54) is 14.2 Å². The van der Waals surface area contributed by atoms with Gasteiger partial charge >= 0.3 is 11.9 Å². The molecule has 1 fully saturated rings. The van der Waals surface area contributed by atoms with Crippen molar-refractivity contribution in [1.29, 1.82) is 0 Å². The molecule has 3 atom stereocenters. The Labute approximate surface area is 158 Å². The molecule has 0 aliphatic carbocycles. The van der Waals surface area contributed by atoms with E-state index in [1.54, 1.807) is 31.4 Å². The molecule has 1 saturated heterocycles. The lowest BCUT2D eigenvalue weighted by Gasteiger charge is -2.27. The molecule has 1 aliphatic heterocycles. The minimum atomic E-state index is -1.38. The second-order valence-electron chi connectivity index (χ2n) is 6.33. The highest BCUT2D eigenvalue weighted by molar-refractivity contribution is 5.84. The highest BCUT2D eigenvalue weighted by Crippen LogP contribution is 2.50. The molecular weight excluding hydrogens is 348 g/mol. The Morgan fingerprint density at radius 2 is 1.63 bits per heavy atom. The van der Waals surface area contributed by atoms with Gasteiger partial charge in [0.25, 0.3) is 0 Å². The van der Waals surface area contributed by atoms with Gasteiger partial charge in [-0.15, -0.1) is 0 Å². The zero-order valence-electron chi connectivity index (χ0n) is 15.5. The van der Waals surface area contributed by atoms with Crippen LogP contribution >= 0.6 is 0 Å². The fourth-order valence-corrected chi connectivity index (χ4v) is 3.52. The molecule has 142 valence electrons. The number of rotatable bonds is 5. The molecule has 0 saturated carbocycles. The van der Waals surface area contributed by atoms with E-state index >= 15 is 0 Å². The quantitative estimate of drug-likeness (QED) is 0.754. The first-order valence-electron chi connectivity index (χ1n) is 8.59. The highest BCUT2D eigenvalue weighted by atomic mass is 16.6. The first-order valence-corrected chi connectivity index (χ1v) is 8.59. The summed E-state index contributed by atoms with van der Waals surface area (Å²) in [5.74, 6) is -0.938. The molecule has 0 amide bonds. The van der Waals surface area contributed by atoms with Gasteiger partial charge in [-0.2, -0.15) is 0 Å². The highest BCUT2D eigenvalue weighted by Gasteiger charge is 2.56. The smallest absolute Gasteiger partial charge is 0.342 e. The van der Waals surface area contributed by atoms with Gasteiger partial charge in [0, 0.05) is 6.42 Å². The summed E-state index contributed by atoms with van der Waals surface area (Å²) in [4.78, 5) is 25.2. The van der Waals surface area contributed by atoms with E-state index in [4.69, 9.17) is 18.9 Å². The summed E-state index contributed by atoms with van der Waals surface area (Å²) < 4.78 is 21.5. The minimum absolute atomic E-state index is 0.132. The maximum Gasteiger partial charge on any atom is 0.342 e. The molecule has 0 aromatic heterocycles. The zero-order valence-corrected chi connectivity index (χ0v) is 15.5. The molecule has 27 heavy (non-hydrogen) atoms. The van der Waals surface area contributed by atoms with E-state index in [9.17, 15) is 9.59 Å². The van der Waals surface area contributed by atoms with Crippen LogP contribution in [0.3, 0.4) is 0 Å². The maximum atomic E-state index is 12.8. The van der Waals surface area contributed by atoms with E-state index in [-0.39, 0.29) is 6.42 Å². The molecule has 6 heteroatoms. The summed E-state index contributed by atoms with van der Waals surface area (Å²) in [7, 11) is 4.22. The maximum absolute atomic E-state index is 12.8. The van der Waals surface area contributed by atoms with E-state index in [2.05, 4.69) is 0 Å². The van der Waals surface area contributed by atoms with Crippen molar-refractivity contribution in [1.82, 2.24) is 0 Å². The molecular formula is C21H22O6. The second-order valence-corrected chi connectivity index (χ2v) is 6.33. The fraction of sp³-hybridized carbons (Fsp3) is 0.333. The Hall–Kier alpha value is -2.86. The first-order chi connectivity index (χ1) is 13.1. The zero-order chi connectivity index (χ0) is 19.4. The van der Waals surface area contributed by atoms with Gasteiger partial charge in [0.1, 0.15) is 5.75 Å². The van der Waals surface area contributed by atoms with Crippen molar-refractivity contribution in [2.45, 2.75) is 18.1 Å². The van der Waals surface area contributed by atoms with Crippen molar-refractivity contribution in [2.24, 2.45) is 5.92 Å². The number of benzene rings is 2. The minimum Gasteiger partial charge on any atom is -0.497 e. The number of carbonyl (C=O) groups is 2. The second kappa shape index (κ2) is 7.80. The topological polar surface area (TPSA) is 71.1 Å². The molecule has 0 bridgehead atoms. The Kier molecular flexibility index (Phi) is 5.46. The number of ether oxygens (including phenoxy) is 4. The lowest BCUT2D eigenvalue weighted by molar-refractivity contribution is -0.170. The Balaban J connectivity index is 2.07. The SMILES string of the molecule is COC(=O)[C@H]1C[C@@](C(=O)OC)(c2ccccc2)O[C@H]1c1ccc(OC)cc1. The van der Waals surface area contributed by atoms with Crippen LogP contribution in [-0.4, -0.2) is 33.3 Å². The monoisotopic (exact) mass is 370 g/mol. The van der Waals surface area contributed by atoms with E-state index in [0.29, 0.717) is 11.3 Å². The van der Waals surface area contributed by atoms with Crippen LogP contribution in [0.4, 0.5) is 0 Å². The van der Waals surface area contributed by atoms with Gasteiger partial charge in [-0.05, 0) is 23.3 Å². The van der Waals surface area contributed by atoms with Crippen LogP contribution < -0.4 is 4.74 Å². The van der Waals surface area contributed by atoms with Crippen LogP contribution in [0.2, 0.25) is 0 Å². The molecule has 0 N–H and O–H groups in total. The van der Waals surface area contributed by atoms with E-state index in [0.717, 1.165) is 5.56 Å². The van der Waals surface area contributed by atoms with Crippen molar-refractivity contribution < 1.29 is 28.5 Å². The van der Waals surface area contributed by atoms with Crippen LogP contribution in [0.1, 0.15) is 23.7 Å². The van der Waals surface area contributed by atoms with Gasteiger partial charge < -0.3 is 18.9 Å². The molecule has 3 rings (SSSR count). The summed E-state index contributed by atoms with van der Waals surface area (Å²) >= 11 is 0. The van der Waals surface area contributed by atoms with Gasteiger partial charge in [0.2, 0.25) is 0 Å². The number of methoxy groups -OCH3 is 3. The third-order valence-corrected chi connectivity index (χ3v) is 4.90. The molecule has 0 spiro atoms. The number of carbonyl (C=O) groups excluding carboxylic acids is 2. The first kappa shape index (κ1) is 18.9. The molecule has 1 aliphatic rings. The van der Waals surface area contributed by atoms with Crippen LogP contribution in [0, 0.1) is 5.92 Å². The van der Waals surface area contributed by atoms with Crippen molar-refractivity contribution in [3.8, 4) is 5.75 Å². The number of hydrogen-bond acceptors (Lipinski definition) is 6. The van der Waals surface area contributed by atoms with Crippen molar-refractivity contribution >= 4 is 11.9 Å².